The lowest BCUT2D eigenvalue weighted by Gasteiger charge is -2.50. The molecule has 2 heterocycles. The molecule has 1 aromatic heterocycles. The predicted octanol–water partition coefficient (Wildman–Crippen LogP) is 8.25. The summed E-state index contributed by atoms with van der Waals surface area (Å²) in [4.78, 5) is 32.3. The average molecular weight is 569 g/mol. The summed E-state index contributed by atoms with van der Waals surface area (Å²) in [5, 5.41) is 11.4. The highest BCUT2D eigenvalue weighted by Gasteiger charge is 2.46. The van der Waals surface area contributed by atoms with Crippen LogP contribution < -0.4 is 0 Å². The summed E-state index contributed by atoms with van der Waals surface area (Å²) in [6.45, 7) is 7.77. The monoisotopic (exact) mass is 568 g/mol. The van der Waals surface area contributed by atoms with Crippen molar-refractivity contribution in [3.8, 4) is 11.5 Å². The highest BCUT2D eigenvalue weighted by molar-refractivity contribution is 6.05. The molecular formula is C37H32N2O4. The van der Waals surface area contributed by atoms with Crippen LogP contribution in [0.1, 0.15) is 53.5 Å². The van der Waals surface area contributed by atoms with Crippen LogP contribution >= 0.6 is 0 Å². The van der Waals surface area contributed by atoms with E-state index in [2.05, 4.69) is 39.0 Å². The Balaban J connectivity index is 1.20. The highest BCUT2D eigenvalue weighted by Crippen LogP contribution is 2.55. The molecule has 1 aliphatic heterocycles. The lowest BCUT2D eigenvalue weighted by Crippen LogP contribution is -2.48. The molecule has 1 N–H and O–H groups in total. The van der Waals surface area contributed by atoms with Gasteiger partial charge in [-0.1, -0.05) is 93.1 Å². The van der Waals surface area contributed by atoms with Crippen LogP contribution in [0.3, 0.4) is 0 Å². The van der Waals surface area contributed by atoms with Gasteiger partial charge in [0, 0.05) is 34.9 Å². The van der Waals surface area contributed by atoms with Gasteiger partial charge in [-0.2, -0.15) is 0 Å². The maximum absolute atomic E-state index is 14.1. The largest absolute Gasteiger partial charge is 0.478 e. The average Bonchev–Trinajstić information content (AvgIpc) is 3.45. The van der Waals surface area contributed by atoms with Gasteiger partial charge in [0.1, 0.15) is 5.52 Å². The standard InChI is InChI=1S/C37H32N2O4/c1-36(2)29(24-12-14-25(15-13-24)35(41)42)18-20-37(3)22-39(21-19-31(36)37)34(40)28-11-7-6-10-27(28)33-38-32-26-9-5-4-8-23(26)16-17-30(32)43-33/h4-19H,20-22H2,1-3H3,(H,41,42)/t37-/m0/s1. The molecule has 0 bridgehead atoms. The van der Waals surface area contributed by atoms with Gasteiger partial charge in [-0.25, -0.2) is 9.78 Å². The Kier molecular flexibility index (Phi) is 6.13. The van der Waals surface area contributed by atoms with Crippen molar-refractivity contribution >= 4 is 39.3 Å². The van der Waals surface area contributed by atoms with Crippen LogP contribution in [0.2, 0.25) is 0 Å². The molecule has 0 spiro atoms. The van der Waals surface area contributed by atoms with Crippen molar-refractivity contribution < 1.29 is 19.1 Å². The van der Waals surface area contributed by atoms with Crippen molar-refractivity contribution in [1.82, 2.24) is 9.88 Å². The lowest BCUT2D eigenvalue weighted by atomic mass is 9.58. The number of hydrogen-bond donors (Lipinski definition) is 1. The highest BCUT2D eigenvalue weighted by atomic mass is 16.4. The van der Waals surface area contributed by atoms with Gasteiger partial charge < -0.3 is 14.4 Å². The molecule has 6 heteroatoms. The van der Waals surface area contributed by atoms with Crippen LogP contribution in [0.4, 0.5) is 0 Å². The van der Waals surface area contributed by atoms with Crippen LogP contribution in [-0.2, 0) is 0 Å². The van der Waals surface area contributed by atoms with Crippen LogP contribution in [0, 0.1) is 10.8 Å². The number of benzene rings is 4. The van der Waals surface area contributed by atoms with Crippen molar-refractivity contribution in [2.24, 2.45) is 10.8 Å². The third-order valence-electron chi connectivity index (χ3n) is 9.21. The number of aromatic carboxylic acids is 1. The topological polar surface area (TPSA) is 83.6 Å². The molecule has 214 valence electrons. The maximum atomic E-state index is 14.1. The summed E-state index contributed by atoms with van der Waals surface area (Å²) in [5.41, 5.74) is 6.03. The van der Waals surface area contributed by atoms with Crippen molar-refractivity contribution in [3.63, 3.8) is 0 Å². The van der Waals surface area contributed by atoms with E-state index in [1.165, 1.54) is 11.1 Å². The number of allylic oxidation sites excluding steroid dienone is 2. The van der Waals surface area contributed by atoms with Gasteiger partial charge in [0.25, 0.3) is 5.91 Å². The summed E-state index contributed by atoms with van der Waals surface area (Å²) in [6, 6.07) is 26.7. The van der Waals surface area contributed by atoms with Crippen LogP contribution in [0.25, 0.3) is 38.9 Å². The minimum absolute atomic E-state index is 0.0453. The molecular weight excluding hydrogens is 536 g/mol. The second-order valence-electron chi connectivity index (χ2n) is 12.4. The maximum Gasteiger partial charge on any atom is 0.335 e. The van der Waals surface area contributed by atoms with Gasteiger partial charge in [0.15, 0.2) is 5.58 Å². The number of nitrogens with zero attached hydrogens (tertiary/aromatic N) is 2. The molecule has 5 aromatic rings. The Morgan fingerprint density at radius 2 is 1.63 bits per heavy atom. The van der Waals surface area contributed by atoms with Gasteiger partial charge >= 0.3 is 5.97 Å². The van der Waals surface area contributed by atoms with Crippen molar-refractivity contribution in [1.29, 1.82) is 0 Å². The van der Waals surface area contributed by atoms with Crippen LogP contribution in [-0.4, -0.2) is 40.0 Å². The van der Waals surface area contributed by atoms with Gasteiger partial charge in [-0.15, -0.1) is 0 Å². The van der Waals surface area contributed by atoms with E-state index >= 15 is 0 Å². The Bertz CT molecular complexity index is 2000. The van der Waals surface area contributed by atoms with Gasteiger partial charge in [0.2, 0.25) is 5.89 Å². The third kappa shape index (κ3) is 4.36. The first kappa shape index (κ1) is 26.9. The minimum Gasteiger partial charge on any atom is -0.478 e. The zero-order chi connectivity index (χ0) is 29.9. The molecule has 1 amide bonds. The van der Waals surface area contributed by atoms with Gasteiger partial charge in [-0.05, 0) is 53.3 Å². The quantitative estimate of drug-likeness (QED) is 0.221. The first-order valence-electron chi connectivity index (χ1n) is 14.6. The van der Waals surface area contributed by atoms with E-state index in [0.29, 0.717) is 35.7 Å². The Hall–Kier alpha value is -4.97. The van der Waals surface area contributed by atoms with Crippen molar-refractivity contribution in [3.05, 3.63) is 119 Å². The summed E-state index contributed by atoms with van der Waals surface area (Å²) >= 11 is 0. The summed E-state index contributed by atoms with van der Waals surface area (Å²) in [7, 11) is 0. The molecule has 0 saturated heterocycles. The number of carboxylic acid groups (broad SMARTS) is 1. The molecule has 0 unspecified atom stereocenters. The molecule has 4 aromatic carbocycles. The number of rotatable bonds is 4. The number of fused-ring (bicyclic) bond motifs is 4. The molecule has 6 nitrogen and oxygen atoms in total. The number of hydrogen-bond acceptors (Lipinski definition) is 4. The number of carbonyl (C=O) groups excluding carboxylic acids is 1. The number of aromatic nitrogens is 1. The third-order valence-corrected chi connectivity index (χ3v) is 9.21. The van der Waals surface area contributed by atoms with E-state index in [4.69, 9.17) is 9.40 Å². The molecule has 1 atom stereocenters. The Labute approximate surface area is 250 Å². The van der Waals surface area contributed by atoms with E-state index in [0.717, 1.165) is 28.3 Å². The van der Waals surface area contributed by atoms with E-state index in [1.54, 1.807) is 12.1 Å². The normalized spacial score (nSPS) is 19.6. The molecule has 7 rings (SSSR count). The second-order valence-corrected chi connectivity index (χ2v) is 12.4. The molecule has 2 aliphatic rings. The summed E-state index contributed by atoms with van der Waals surface area (Å²) < 4.78 is 6.21. The Morgan fingerprint density at radius 1 is 0.884 bits per heavy atom. The van der Waals surface area contributed by atoms with E-state index in [-0.39, 0.29) is 22.3 Å². The number of carbonyl (C=O) groups is 2. The molecule has 0 fully saturated rings. The van der Waals surface area contributed by atoms with Gasteiger partial charge in [-0.3, -0.25) is 4.79 Å². The summed E-state index contributed by atoms with van der Waals surface area (Å²) in [5.74, 6) is -0.534. The zero-order valence-corrected chi connectivity index (χ0v) is 24.4. The summed E-state index contributed by atoms with van der Waals surface area (Å²) in [6.07, 6.45) is 5.26. The Morgan fingerprint density at radius 3 is 2.42 bits per heavy atom. The van der Waals surface area contributed by atoms with Gasteiger partial charge in [0.05, 0.1) is 11.1 Å². The molecule has 1 aliphatic carbocycles. The zero-order valence-electron chi connectivity index (χ0n) is 24.4. The molecule has 0 radical (unpaired) electrons. The fourth-order valence-electron chi connectivity index (χ4n) is 7.16. The first-order valence-corrected chi connectivity index (χ1v) is 14.6. The van der Waals surface area contributed by atoms with Crippen LogP contribution in [0.5, 0.6) is 0 Å². The van der Waals surface area contributed by atoms with Crippen molar-refractivity contribution in [2.45, 2.75) is 27.2 Å². The lowest BCUT2D eigenvalue weighted by molar-refractivity contribution is 0.0679. The number of carboxylic acids is 1. The molecule has 43 heavy (non-hydrogen) atoms. The smallest absolute Gasteiger partial charge is 0.335 e. The number of oxazole rings is 1. The van der Waals surface area contributed by atoms with E-state index in [9.17, 15) is 14.7 Å². The van der Waals surface area contributed by atoms with E-state index < -0.39 is 5.97 Å². The van der Waals surface area contributed by atoms with E-state index in [1.807, 2.05) is 71.6 Å². The molecule has 0 saturated carbocycles. The fourth-order valence-corrected chi connectivity index (χ4v) is 7.16. The fraction of sp³-hybridized carbons (Fsp3) is 0.216. The number of amides is 1. The van der Waals surface area contributed by atoms with Crippen molar-refractivity contribution in [2.75, 3.05) is 13.1 Å². The second kappa shape index (κ2) is 9.80. The predicted molar refractivity (Wildman–Crippen MR) is 169 cm³/mol. The van der Waals surface area contributed by atoms with Crippen LogP contribution in [0.15, 0.2) is 107 Å². The minimum atomic E-state index is -0.929. The first-order chi connectivity index (χ1) is 20.7. The SMILES string of the molecule is CC1(C)C(c2ccc(C(=O)O)cc2)=CC[C@@]2(C)CN(C(=O)c3ccccc3-c3nc4c(ccc5ccccc54)o3)CC=C12.